The van der Waals surface area contributed by atoms with E-state index in [0.717, 1.165) is 45.6 Å². The van der Waals surface area contributed by atoms with Crippen LogP contribution in [0.15, 0.2) is 11.6 Å². The highest BCUT2D eigenvalue weighted by molar-refractivity contribution is 7.09. The van der Waals surface area contributed by atoms with Crippen LogP contribution in [0.4, 0.5) is 0 Å². The van der Waals surface area contributed by atoms with Crippen LogP contribution in [0, 0.1) is 5.41 Å². The molecule has 2 rings (SSSR count). The highest BCUT2D eigenvalue weighted by Gasteiger charge is 2.33. The molecule has 4 heteroatoms. The SMILES string of the molecule is CCCNCC1(Cc2nccs2)CCOCC1. The van der Waals surface area contributed by atoms with Crippen molar-refractivity contribution in [1.82, 2.24) is 10.3 Å². The monoisotopic (exact) mass is 254 g/mol. The molecule has 0 spiro atoms. The summed E-state index contributed by atoms with van der Waals surface area (Å²) in [6.07, 6.45) is 6.52. The van der Waals surface area contributed by atoms with Gasteiger partial charge >= 0.3 is 0 Å². The Morgan fingerprint density at radius 1 is 1.47 bits per heavy atom. The highest BCUT2D eigenvalue weighted by Crippen LogP contribution is 2.34. The molecule has 0 bridgehead atoms. The van der Waals surface area contributed by atoms with E-state index in [1.165, 1.54) is 11.4 Å². The van der Waals surface area contributed by atoms with E-state index in [1.54, 1.807) is 11.3 Å². The van der Waals surface area contributed by atoms with E-state index in [9.17, 15) is 0 Å². The molecule has 96 valence electrons. The van der Waals surface area contributed by atoms with Gasteiger partial charge in [-0.2, -0.15) is 0 Å². The van der Waals surface area contributed by atoms with Crippen LogP contribution in [-0.2, 0) is 11.2 Å². The lowest BCUT2D eigenvalue weighted by Gasteiger charge is -2.37. The zero-order chi connectivity index (χ0) is 12.0. The Morgan fingerprint density at radius 2 is 2.29 bits per heavy atom. The van der Waals surface area contributed by atoms with Gasteiger partial charge in [0.25, 0.3) is 0 Å². The van der Waals surface area contributed by atoms with Gasteiger partial charge < -0.3 is 10.1 Å². The molecule has 0 amide bonds. The van der Waals surface area contributed by atoms with Crippen molar-refractivity contribution >= 4 is 11.3 Å². The van der Waals surface area contributed by atoms with Crippen LogP contribution in [0.1, 0.15) is 31.2 Å². The summed E-state index contributed by atoms with van der Waals surface area (Å²) in [7, 11) is 0. The van der Waals surface area contributed by atoms with Crippen LogP contribution in [0.5, 0.6) is 0 Å². The molecule has 1 saturated heterocycles. The summed E-state index contributed by atoms with van der Waals surface area (Å²) in [4.78, 5) is 4.43. The van der Waals surface area contributed by atoms with Crippen molar-refractivity contribution in [2.75, 3.05) is 26.3 Å². The predicted molar refractivity (Wildman–Crippen MR) is 71.5 cm³/mol. The Balaban J connectivity index is 1.95. The molecule has 1 N–H and O–H groups in total. The Labute approximate surface area is 108 Å². The molecule has 0 aromatic carbocycles. The topological polar surface area (TPSA) is 34.2 Å². The average molecular weight is 254 g/mol. The molecule has 17 heavy (non-hydrogen) atoms. The molecule has 0 unspecified atom stereocenters. The van der Waals surface area contributed by atoms with E-state index in [-0.39, 0.29) is 0 Å². The minimum absolute atomic E-state index is 0.366. The number of ether oxygens (including phenoxy) is 1. The van der Waals surface area contributed by atoms with Crippen LogP contribution in [0.2, 0.25) is 0 Å². The van der Waals surface area contributed by atoms with Gasteiger partial charge in [0.1, 0.15) is 0 Å². The molecule has 0 atom stereocenters. The Morgan fingerprint density at radius 3 is 2.94 bits per heavy atom. The van der Waals surface area contributed by atoms with Gasteiger partial charge in [0, 0.05) is 37.8 Å². The van der Waals surface area contributed by atoms with Crippen molar-refractivity contribution in [3.8, 4) is 0 Å². The Kier molecular flexibility index (Phi) is 4.95. The van der Waals surface area contributed by atoms with E-state index >= 15 is 0 Å². The molecular formula is C13H22N2OS. The molecule has 1 aromatic heterocycles. The van der Waals surface area contributed by atoms with Gasteiger partial charge in [0.05, 0.1) is 5.01 Å². The smallest absolute Gasteiger partial charge is 0.0930 e. The number of thiazole rings is 1. The number of hydrogen-bond acceptors (Lipinski definition) is 4. The minimum atomic E-state index is 0.366. The van der Waals surface area contributed by atoms with Gasteiger partial charge in [0.2, 0.25) is 0 Å². The molecule has 1 aromatic rings. The van der Waals surface area contributed by atoms with Crippen LogP contribution in [-0.4, -0.2) is 31.3 Å². The third-order valence-corrected chi connectivity index (χ3v) is 4.27. The number of rotatable bonds is 6. The summed E-state index contributed by atoms with van der Waals surface area (Å²) in [5.41, 5.74) is 0.366. The number of aromatic nitrogens is 1. The highest BCUT2D eigenvalue weighted by atomic mass is 32.1. The van der Waals surface area contributed by atoms with Gasteiger partial charge in [-0.25, -0.2) is 4.98 Å². The molecule has 3 nitrogen and oxygen atoms in total. The first-order chi connectivity index (χ1) is 8.35. The third-order valence-electron chi connectivity index (χ3n) is 3.49. The third kappa shape index (κ3) is 3.76. The lowest BCUT2D eigenvalue weighted by molar-refractivity contribution is 0.0150. The summed E-state index contributed by atoms with van der Waals surface area (Å²) in [5, 5.41) is 6.92. The summed E-state index contributed by atoms with van der Waals surface area (Å²) in [6, 6.07) is 0. The largest absolute Gasteiger partial charge is 0.381 e. The summed E-state index contributed by atoms with van der Waals surface area (Å²) in [6.45, 7) is 6.23. The van der Waals surface area contributed by atoms with Crippen molar-refractivity contribution < 1.29 is 4.74 Å². The lowest BCUT2D eigenvalue weighted by Crippen LogP contribution is -2.41. The zero-order valence-corrected chi connectivity index (χ0v) is 11.4. The van der Waals surface area contributed by atoms with Crippen LogP contribution in [0.3, 0.4) is 0 Å². The van der Waals surface area contributed by atoms with Crippen molar-refractivity contribution in [2.24, 2.45) is 5.41 Å². The van der Waals surface area contributed by atoms with E-state index in [1.807, 2.05) is 6.20 Å². The first-order valence-electron chi connectivity index (χ1n) is 6.51. The second kappa shape index (κ2) is 6.47. The van der Waals surface area contributed by atoms with Gasteiger partial charge in [-0.1, -0.05) is 6.92 Å². The van der Waals surface area contributed by atoms with Crippen LogP contribution < -0.4 is 5.32 Å². The van der Waals surface area contributed by atoms with Crippen molar-refractivity contribution in [3.63, 3.8) is 0 Å². The van der Waals surface area contributed by atoms with E-state index in [4.69, 9.17) is 4.74 Å². The molecule has 0 saturated carbocycles. The summed E-state index contributed by atoms with van der Waals surface area (Å²) in [5.74, 6) is 0. The zero-order valence-electron chi connectivity index (χ0n) is 10.6. The Bertz CT molecular complexity index is 307. The van der Waals surface area contributed by atoms with Gasteiger partial charge in [-0.05, 0) is 31.2 Å². The van der Waals surface area contributed by atoms with E-state index in [0.29, 0.717) is 5.41 Å². The molecule has 1 aliphatic rings. The van der Waals surface area contributed by atoms with E-state index in [2.05, 4.69) is 22.6 Å². The van der Waals surface area contributed by atoms with Crippen molar-refractivity contribution in [1.29, 1.82) is 0 Å². The fourth-order valence-electron chi connectivity index (χ4n) is 2.41. The lowest BCUT2D eigenvalue weighted by atomic mass is 9.77. The number of nitrogens with zero attached hydrogens (tertiary/aromatic N) is 1. The molecular weight excluding hydrogens is 232 g/mol. The van der Waals surface area contributed by atoms with Gasteiger partial charge in [0.15, 0.2) is 0 Å². The fourth-order valence-corrected chi connectivity index (χ4v) is 3.20. The second-order valence-corrected chi connectivity index (χ2v) is 5.87. The molecule has 1 fully saturated rings. The minimum Gasteiger partial charge on any atom is -0.381 e. The second-order valence-electron chi connectivity index (χ2n) is 4.89. The molecule has 0 aliphatic carbocycles. The van der Waals surface area contributed by atoms with Gasteiger partial charge in [-0.3, -0.25) is 0 Å². The maximum atomic E-state index is 5.51. The fraction of sp³-hybridized carbons (Fsp3) is 0.769. The maximum absolute atomic E-state index is 5.51. The van der Waals surface area contributed by atoms with Gasteiger partial charge in [-0.15, -0.1) is 11.3 Å². The van der Waals surface area contributed by atoms with Crippen molar-refractivity contribution in [2.45, 2.75) is 32.6 Å². The normalized spacial score (nSPS) is 19.4. The van der Waals surface area contributed by atoms with Crippen molar-refractivity contribution in [3.05, 3.63) is 16.6 Å². The van der Waals surface area contributed by atoms with Crippen LogP contribution in [0.25, 0.3) is 0 Å². The Hall–Kier alpha value is -0.450. The quantitative estimate of drug-likeness (QED) is 0.792. The standard InChI is InChI=1S/C13H22N2OS/c1-2-5-14-11-13(3-7-16-8-4-13)10-12-15-6-9-17-12/h6,9,14H,2-5,7-8,10-11H2,1H3. The van der Waals surface area contributed by atoms with Crippen LogP contribution >= 0.6 is 11.3 Å². The summed E-state index contributed by atoms with van der Waals surface area (Å²) < 4.78 is 5.51. The average Bonchev–Trinajstić information content (AvgIpc) is 2.83. The molecule has 2 heterocycles. The number of nitrogens with one attached hydrogen (secondary N) is 1. The van der Waals surface area contributed by atoms with E-state index < -0.39 is 0 Å². The molecule has 0 radical (unpaired) electrons. The first kappa shape index (κ1) is 13.0. The number of hydrogen-bond donors (Lipinski definition) is 1. The molecule has 1 aliphatic heterocycles. The maximum Gasteiger partial charge on any atom is 0.0930 e. The first-order valence-corrected chi connectivity index (χ1v) is 7.39. The predicted octanol–water partition coefficient (Wildman–Crippen LogP) is 2.48. The summed E-state index contributed by atoms with van der Waals surface area (Å²) >= 11 is 1.77.